The zero-order valence-corrected chi connectivity index (χ0v) is 25.9. The second-order valence-corrected chi connectivity index (χ2v) is 13.5. The predicted octanol–water partition coefficient (Wildman–Crippen LogP) is 6.62. The number of fused-ring (bicyclic) bond motifs is 2. The summed E-state index contributed by atoms with van der Waals surface area (Å²) < 4.78 is 33.4. The monoisotopic (exact) mass is 648 g/mol. The van der Waals surface area contributed by atoms with E-state index in [1.54, 1.807) is 6.20 Å². The number of nitrogens with one attached hydrogen (secondary N) is 2. The molecule has 234 valence electrons. The molecule has 44 heavy (non-hydrogen) atoms. The van der Waals surface area contributed by atoms with Crippen LogP contribution < -0.4 is 10.6 Å². The fourth-order valence-corrected chi connectivity index (χ4v) is 7.43. The highest BCUT2D eigenvalue weighted by atomic mass is 35.5. The standard InChI is InChI=1S/C28H29ClN4O3S.C3H3F3O/c1-14-10-16(29)11-19(23(14)32-25(34)15-4-7-30-8-5-15)18-6-9-31-20-12-17(37-24(18)20)13-33-26(35)21-22(27(33)36)28(21,2)3;1-2(7)3(4,5)6/h6,9-12,15,21-22,30H,4-5,7-8,13H2,1-3H3,(H,32,34);7H,1H2. The van der Waals surface area contributed by atoms with E-state index in [-0.39, 0.29) is 47.4 Å². The van der Waals surface area contributed by atoms with Crippen LogP contribution >= 0.6 is 22.9 Å². The highest BCUT2D eigenvalue weighted by Crippen LogP contribution is 2.63. The van der Waals surface area contributed by atoms with Crippen molar-refractivity contribution in [3.63, 3.8) is 0 Å². The van der Waals surface area contributed by atoms with E-state index in [4.69, 9.17) is 16.7 Å². The smallest absolute Gasteiger partial charge is 0.448 e. The summed E-state index contributed by atoms with van der Waals surface area (Å²) in [5.74, 6) is -2.28. The summed E-state index contributed by atoms with van der Waals surface area (Å²) in [4.78, 5) is 45.7. The molecule has 1 aliphatic carbocycles. The highest BCUT2D eigenvalue weighted by molar-refractivity contribution is 7.19. The number of halogens is 4. The number of carbonyl (C=O) groups excluding carboxylic acids is 3. The number of aliphatic hydroxyl groups excluding tert-OH is 1. The second kappa shape index (κ2) is 11.8. The van der Waals surface area contributed by atoms with Crippen LogP contribution in [0.1, 0.15) is 37.1 Å². The molecule has 8 nitrogen and oxygen atoms in total. The number of pyridine rings is 1. The van der Waals surface area contributed by atoms with Gasteiger partial charge in [-0.3, -0.25) is 24.3 Å². The van der Waals surface area contributed by atoms with E-state index in [1.807, 2.05) is 45.0 Å². The van der Waals surface area contributed by atoms with E-state index in [9.17, 15) is 27.6 Å². The number of thiophene rings is 1. The first kappa shape index (κ1) is 31.9. The van der Waals surface area contributed by atoms with Gasteiger partial charge in [-0.05, 0) is 68.1 Å². The second-order valence-electron chi connectivity index (χ2n) is 11.9. The van der Waals surface area contributed by atoms with Crippen molar-refractivity contribution in [3.8, 4) is 11.1 Å². The van der Waals surface area contributed by atoms with Crippen molar-refractivity contribution in [3.05, 3.63) is 58.3 Å². The number of amides is 3. The van der Waals surface area contributed by atoms with Gasteiger partial charge < -0.3 is 15.7 Å². The van der Waals surface area contributed by atoms with Gasteiger partial charge in [0.15, 0.2) is 5.76 Å². The number of imide groups is 1. The number of piperidine rings is 2. The third-order valence-electron chi connectivity index (χ3n) is 8.54. The molecule has 2 atom stereocenters. The van der Waals surface area contributed by atoms with Crippen molar-refractivity contribution in [2.75, 3.05) is 18.4 Å². The number of benzene rings is 1. The minimum absolute atomic E-state index is 0.0258. The Balaban J connectivity index is 0.000000493. The molecule has 0 bridgehead atoms. The van der Waals surface area contributed by atoms with Crippen LogP contribution in [0, 0.1) is 30.1 Å². The van der Waals surface area contributed by atoms with Crippen molar-refractivity contribution in [1.82, 2.24) is 15.2 Å². The third-order valence-corrected chi connectivity index (χ3v) is 9.90. The predicted molar refractivity (Wildman–Crippen MR) is 163 cm³/mol. The van der Waals surface area contributed by atoms with Crippen LogP contribution in [0.4, 0.5) is 18.9 Å². The lowest BCUT2D eigenvalue weighted by Gasteiger charge is -2.23. The molecule has 13 heteroatoms. The van der Waals surface area contributed by atoms with Crippen molar-refractivity contribution in [2.45, 2.75) is 46.3 Å². The van der Waals surface area contributed by atoms with Gasteiger partial charge in [0.05, 0.1) is 34.3 Å². The largest absolute Gasteiger partial charge is 0.505 e. The van der Waals surface area contributed by atoms with E-state index < -0.39 is 11.9 Å². The number of hydrogen-bond donors (Lipinski definition) is 3. The molecule has 3 fully saturated rings. The number of hydrogen-bond acceptors (Lipinski definition) is 7. The molecule has 0 spiro atoms. The van der Waals surface area contributed by atoms with Gasteiger partial charge in [0.1, 0.15) is 0 Å². The molecule has 3 aromatic rings. The Hall–Kier alpha value is -3.48. The van der Waals surface area contributed by atoms with Crippen LogP contribution in [0.5, 0.6) is 0 Å². The fraction of sp³-hybridized carbons (Fsp3) is 0.419. The van der Waals surface area contributed by atoms with Gasteiger partial charge in [-0.15, -0.1) is 11.3 Å². The van der Waals surface area contributed by atoms with Crippen LogP contribution in [-0.2, 0) is 20.9 Å². The molecule has 2 aromatic heterocycles. The minimum atomic E-state index is -4.64. The fourth-order valence-electron chi connectivity index (χ4n) is 6.02. The Morgan fingerprint density at radius 1 is 1.18 bits per heavy atom. The molecule has 2 aliphatic heterocycles. The van der Waals surface area contributed by atoms with Gasteiger partial charge in [0, 0.05) is 33.1 Å². The van der Waals surface area contributed by atoms with Crippen LogP contribution in [-0.4, -0.2) is 52.0 Å². The third kappa shape index (κ3) is 6.07. The molecule has 4 heterocycles. The van der Waals surface area contributed by atoms with Gasteiger partial charge in [-0.1, -0.05) is 32.0 Å². The first-order valence-corrected chi connectivity index (χ1v) is 15.3. The lowest BCUT2D eigenvalue weighted by molar-refractivity contribution is -0.143. The Kier molecular flexibility index (Phi) is 8.56. The number of likely N-dealkylation sites (tertiary alicyclic amines) is 1. The molecule has 0 radical (unpaired) electrons. The number of aryl methyl sites for hydroxylation is 1. The summed E-state index contributed by atoms with van der Waals surface area (Å²) in [6.45, 7) is 10.1. The molecular formula is C31H32ClF3N4O4S. The molecule has 2 unspecified atom stereocenters. The van der Waals surface area contributed by atoms with E-state index in [1.165, 1.54) is 16.2 Å². The van der Waals surface area contributed by atoms with Crippen molar-refractivity contribution in [2.24, 2.45) is 23.2 Å². The summed E-state index contributed by atoms with van der Waals surface area (Å²) >= 11 is 8.01. The summed E-state index contributed by atoms with van der Waals surface area (Å²) in [7, 11) is 0. The number of aliphatic hydroxyl groups is 1. The maximum absolute atomic E-state index is 13.1. The van der Waals surface area contributed by atoms with E-state index in [0.29, 0.717) is 5.02 Å². The van der Waals surface area contributed by atoms with Gasteiger partial charge in [0.2, 0.25) is 17.7 Å². The van der Waals surface area contributed by atoms with Crippen LogP contribution in [0.3, 0.4) is 0 Å². The minimum Gasteiger partial charge on any atom is -0.505 e. The number of carbonyl (C=O) groups is 3. The number of rotatable bonds is 5. The van der Waals surface area contributed by atoms with E-state index in [0.717, 1.165) is 63.4 Å². The van der Waals surface area contributed by atoms with Crippen LogP contribution in [0.15, 0.2) is 42.8 Å². The van der Waals surface area contributed by atoms with Gasteiger partial charge in [0.25, 0.3) is 0 Å². The SMILES string of the molecule is C=C(O)C(F)(F)F.Cc1cc(Cl)cc(-c2ccnc3cc(CN4C(=O)C5C(C4=O)C5(C)C)sc23)c1NC(=O)C1CCNCC1. The highest BCUT2D eigenvalue weighted by Gasteiger charge is 2.72. The Bertz CT molecular complexity index is 1640. The quantitative estimate of drug-likeness (QED) is 0.212. The summed E-state index contributed by atoms with van der Waals surface area (Å²) in [6, 6.07) is 7.62. The van der Waals surface area contributed by atoms with E-state index >= 15 is 0 Å². The van der Waals surface area contributed by atoms with Crippen LogP contribution in [0.25, 0.3) is 21.3 Å². The molecule has 1 aromatic carbocycles. The van der Waals surface area contributed by atoms with Crippen molar-refractivity contribution < 1.29 is 32.7 Å². The zero-order chi connectivity index (χ0) is 32.1. The molecule has 1 saturated carbocycles. The average molecular weight is 649 g/mol. The molecule has 3 amide bonds. The number of allylic oxidation sites excluding steroid dienone is 1. The normalized spacial score (nSPS) is 21.1. The van der Waals surface area contributed by atoms with Gasteiger partial charge in [-0.2, -0.15) is 13.2 Å². The lowest BCUT2D eigenvalue weighted by Crippen LogP contribution is -2.35. The molecule has 3 N–H and O–H groups in total. The topological polar surface area (TPSA) is 112 Å². The molecule has 2 saturated heterocycles. The molecule has 3 aliphatic rings. The maximum atomic E-state index is 13.1. The Morgan fingerprint density at radius 3 is 2.39 bits per heavy atom. The molecular weight excluding hydrogens is 617 g/mol. The summed E-state index contributed by atoms with van der Waals surface area (Å²) in [5, 5.41) is 14.7. The Labute approximate surface area is 261 Å². The maximum Gasteiger partial charge on any atom is 0.448 e. The number of anilines is 1. The molecule has 6 rings (SSSR count). The summed E-state index contributed by atoms with van der Waals surface area (Å²) in [6.07, 6.45) is -1.27. The van der Waals surface area contributed by atoms with E-state index in [2.05, 4.69) is 22.2 Å². The number of nitrogens with zero attached hydrogens (tertiary/aromatic N) is 2. The van der Waals surface area contributed by atoms with Gasteiger partial charge >= 0.3 is 6.18 Å². The van der Waals surface area contributed by atoms with Crippen molar-refractivity contribution >= 4 is 56.6 Å². The van der Waals surface area contributed by atoms with Gasteiger partial charge in [-0.25, -0.2) is 0 Å². The summed E-state index contributed by atoms with van der Waals surface area (Å²) in [5.41, 5.74) is 3.96. The average Bonchev–Trinajstić information content (AvgIpc) is 3.19. The van der Waals surface area contributed by atoms with Crippen molar-refractivity contribution in [1.29, 1.82) is 0 Å². The number of alkyl halides is 3. The first-order valence-electron chi connectivity index (χ1n) is 14.1. The van der Waals surface area contributed by atoms with Crippen LogP contribution in [0.2, 0.25) is 5.02 Å². The lowest BCUT2D eigenvalue weighted by atomic mass is 9.95. The Morgan fingerprint density at radius 2 is 1.80 bits per heavy atom. The zero-order valence-electron chi connectivity index (χ0n) is 24.3. The number of aromatic nitrogens is 1. The first-order chi connectivity index (χ1) is 20.6.